The smallest absolute Gasteiger partial charge is 0.217 e. The van der Waals surface area contributed by atoms with E-state index in [0.717, 1.165) is 64.3 Å². The quantitative estimate of drug-likeness (QED) is 0.800. The number of sulfonamides is 1. The Bertz CT molecular complexity index is 507. The van der Waals surface area contributed by atoms with Gasteiger partial charge in [-0.3, -0.25) is 0 Å². The van der Waals surface area contributed by atoms with Gasteiger partial charge in [0, 0.05) is 19.2 Å². The van der Waals surface area contributed by atoms with Crippen molar-refractivity contribution in [3.63, 3.8) is 0 Å². The van der Waals surface area contributed by atoms with Gasteiger partial charge in [-0.25, -0.2) is 8.42 Å². The van der Waals surface area contributed by atoms with Crippen LogP contribution in [-0.4, -0.2) is 56.9 Å². The summed E-state index contributed by atoms with van der Waals surface area (Å²) in [6, 6.07) is 0.0717. The third-order valence-corrected chi connectivity index (χ3v) is 8.26. The Morgan fingerprint density at radius 2 is 1.82 bits per heavy atom. The molecule has 1 atom stereocenters. The highest BCUT2D eigenvalue weighted by atomic mass is 32.2. The molecule has 0 aromatic rings. The predicted octanol–water partition coefficient (Wildman–Crippen LogP) is 1.35. The lowest BCUT2D eigenvalue weighted by molar-refractivity contribution is 0.0896. The normalized spacial score (nSPS) is 32.6. The van der Waals surface area contributed by atoms with Gasteiger partial charge in [0.25, 0.3) is 0 Å². The van der Waals surface area contributed by atoms with E-state index in [9.17, 15) is 8.42 Å². The molecule has 0 aromatic carbocycles. The first kappa shape index (κ1) is 15.4. The van der Waals surface area contributed by atoms with Gasteiger partial charge in [-0.2, -0.15) is 4.31 Å². The van der Waals surface area contributed by atoms with Crippen LogP contribution in [0.15, 0.2) is 0 Å². The third kappa shape index (κ3) is 3.07. The number of rotatable bonds is 6. The largest absolute Gasteiger partial charge is 0.379 e. The first-order valence-electron chi connectivity index (χ1n) is 8.88. The van der Waals surface area contributed by atoms with Crippen LogP contribution in [0.3, 0.4) is 0 Å². The molecule has 6 heteroatoms. The van der Waals surface area contributed by atoms with Crippen molar-refractivity contribution in [1.29, 1.82) is 0 Å². The van der Waals surface area contributed by atoms with Crippen LogP contribution in [0, 0.1) is 11.3 Å². The minimum atomic E-state index is -3.09. The number of nitrogens with zero attached hydrogens (tertiary/aromatic N) is 1. The van der Waals surface area contributed by atoms with Crippen LogP contribution in [0.1, 0.15) is 44.9 Å². The van der Waals surface area contributed by atoms with Crippen molar-refractivity contribution in [2.75, 3.05) is 32.8 Å². The molecular weight excluding hydrogens is 300 g/mol. The molecule has 126 valence electrons. The molecule has 1 N–H and O–H groups in total. The molecule has 0 radical (unpaired) electrons. The van der Waals surface area contributed by atoms with E-state index < -0.39 is 10.0 Å². The summed E-state index contributed by atoms with van der Waals surface area (Å²) in [6.07, 6.45) is 7.46. The minimum Gasteiger partial charge on any atom is -0.379 e. The summed E-state index contributed by atoms with van der Waals surface area (Å²) in [5.74, 6) is 0.739. The minimum absolute atomic E-state index is 0.0717. The molecule has 2 saturated heterocycles. The molecule has 2 aliphatic heterocycles. The Morgan fingerprint density at radius 3 is 2.45 bits per heavy atom. The van der Waals surface area contributed by atoms with Crippen molar-refractivity contribution >= 4 is 10.0 Å². The van der Waals surface area contributed by atoms with E-state index in [0.29, 0.717) is 6.61 Å². The average molecular weight is 328 g/mol. The maximum atomic E-state index is 12.8. The second-order valence-corrected chi connectivity index (χ2v) is 10.0. The van der Waals surface area contributed by atoms with Crippen molar-refractivity contribution in [2.45, 2.75) is 56.2 Å². The van der Waals surface area contributed by atoms with Gasteiger partial charge in [0.15, 0.2) is 0 Å². The van der Waals surface area contributed by atoms with Gasteiger partial charge in [0.1, 0.15) is 0 Å². The molecule has 2 saturated carbocycles. The predicted molar refractivity (Wildman–Crippen MR) is 85.1 cm³/mol. The van der Waals surface area contributed by atoms with Gasteiger partial charge in [0.2, 0.25) is 10.0 Å². The molecule has 4 rings (SSSR count). The molecule has 0 aromatic heterocycles. The Balaban J connectivity index is 1.46. The van der Waals surface area contributed by atoms with Crippen molar-refractivity contribution in [2.24, 2.45) is 11.3 Å². The fourth-order valence-corrected chi connectivity index (χ4v) is 6.22. The zero-order chi connectivity index (χ0) is 15.2. The fraction of sp³-hybridized carbons (Fsp3) is 1.00. The molecule has 1 spiro atoms. The molecular formula is C16H28N2O3S. The molecule has 4 fully saturated rings. The third-order valence-electron chi connectivity index (χ3n) is 5.86. The highest BCUT2D eigenvalue weighted by Crippen LogP contribution is 2.45. The van der Waals surface area contributed by atoms with Crippen molar-refractivity contribution in [3.8, 4) is 0 Å². The molecule has 0 amide bonds. The van der Waals surface area contributed by atoms with Crippen molar-refractivity contribution in [1.82, 2.24) is 9.62 Å². The van der Waals surface area contributed by atoms with Gasteiger partial charge in [0.05, 0.1) is 11.9 Å². The summed E-state index contributed by atoms with van der Waals surface area (Å²) >= 11 is 0. The van der Waals surface area contributed by atoms with Gasteiger partial charge in [-0.1, -0.05) is 0 Å². The zero-order valence-corrected chi connectivity index (χ0v) is 14.1. The lowest BCUT2D eigenvalue weighted by Gasteiger charge is -2.33. The second kappa shape index (κ2) is 5.72. The van der Waals surface area contributed by atoms with Gasteiger partial charge in [-0.15, -0.1) is 0 Å². The second-order valence-electron chi connectivity index (χ2n) is 7.88. The molecule has 5 nitrogen and oxygen atoms in total. The lowest BCUT2D eigenvalue weighted by atomic mass is 9.77. The summed E-state index contributed by atoms with van der Waals surface area (Å²) in [6.45, 7) is 4.19. The Kier molecular flexibility index (Phi) is 4.00. The molecule has 0 bridgehead atoms. The average Bonchev–Trinajstić information content (AvgIpc) is 3.38. The fourth-order valence-electron chi connectivity index (χ4n) is 4.10. The monoisotopic (exact) mass is 328 g/mol. The number of piperidine rings is 1. The molecule has 2 heterocycles. The van der Waals surface area contributed by atoms with E-state index >= 15 is 0 Å². The molecule has 4 aliphatic rings. The summed E-state index contributed by atoms with van der Waals surface area (Å²) in [5.41, 5.74) is 0.195. The van der Waals surface area contributed by atoms with Gasteiger partial charge in [-0.05, 0) is 69.4 Å². The van der Waals surface area contributed by atoms with Crippen LogP contribution >= 0.6 is 0 Å². The maximum Gasteiger partial charge on any atom is 0.217 e. The molecule has 1 unspecified atom stereocenters. The number of ether oxygens (including phenoxy) is 1. The van der Waals surface area contributed by atoms with Crippen molar-refractivity contribution < 1.29 is 13.2 Å². The van der Waals surface area contributed by atoms with Crippen LogP contribution in [0.2, 0.25) is 0 Å². The lowest BCUT2D eigenvalue weighted by Crippen LogP contribution is -2.42. The van der Waals surface area contributed by atoms with E-state index in [4.69, 9.17) is 4.74 Å². The first-order valence-corrected chi connectivity index (χ1v) is 10.4. The Hall–Kier alpha value is -0.170. The van der Waals surface area contributed by atoms with Gasteiger partial charge < -0.3 is 10.1 Å². The number of nitrogens with one attached hydrogen (secondary N) is 1. The summed E-state index contributed by atoms with van der Waals surface area (Å²) in [4.78, 5) is 0. The molecule has 2 aliphatic carbocycles. The summed E-state index contributed by atoms with van der Waals surface area (Å²) in [7, 11) is -3.09. The van der Waals surface area contributed by atoms with E-state index in [1.807, 2.05) is 4.31 Å². The van der Waals surface area contributed by atoms with Crippen LogP contribution in [0.25, 0.3) is 0 Å². The van der Waals surface area contributed by atoms with E-state index in [1.54, 1.807) is 0 Å². The van der Waals surface area contributed by atoms with Crippen LogP contribution in [0.4, 0.5) is 0 Å². The van der Waals surface area contributed by atoms with Crippen LogP contribution < -0.4 is 5.32 Å². The summed E-state index contributed by atoms with van der Waals surface area (Å²) in [5, 5.41) is 3.31. The van der Waals surface area contributed by atoms with E-state index in [1.165, 1.54) is 12.8 Å². The van der Waals surface area contributed by atoms with Crippen LogP contribution in [0.5, 0.6) is 0 Å². The number of hydrogen-bond donors (Lipinski definition) is 1. The topological polar surface area (TPSA) is 58.6 Å². The summed E-state index contributed by atoms with van der Waals surface area (Å²) < 4.78 is 33.3. The standard InChI is InChI=1S/C16H28N2O3S/c19-22(20,15-3-4-15)18-12-16(5-7-17-8-6-16)9-14(18)11-21-10-13-1-2-13/h13-15,17H,1-12H2. The SMILES string of the molecule is O=S(=O)(C1CC1)N1CC2(CCNCC2)CC1COCC1CC1. The highest BCUT2D eigenvalue weighted by Gasteiger charge is 2.52. The number of hydrogen-bond acceptors (Lipinski definition) is 4. The Morgan fingerprint density at radius 1 is 1.09 bits per heavy atom. The molecule has 22 heavy (non-hydrogen) atoms. The van der Waals surface area contributed by atoms with Gasteiger partial charge >= 0.3 is 0 Å². The van der Waals surface area contributed by atoms with E-state index in [-0.39, 0.29) is 16.7 Å². The highest BCUT2D eigenvalue weighted by molar-refractivity contribution is 7.90. The first-order chi connectivity index (χ1) is 10.6. The van der Waals surface area contributed by atoms with Crippen molar-refractivity contribution in [3.05, 3.63) is 0 Å². The van der Waals surface area contributed by atoms with Crippen LogP contribution in [-0.2, 0) is 14.8 Å². The van der Waals surface area contributed by atoms with E-state index in [2.05, 4.69) is 5.32 Å². The zero-order valence-electron chi connectivity index (χ0n) is 13.3. The Labute approximate surface area is 133 Å². The maximum absolute atomic E-state index is 12.8.